The average Bonchev–Trinajstić information content (AvgIpc) is 3.02. The Labute approximate surface area is 257 Å². The van der Waals surface area contributed by atoms with E-state index in [2.05, 4.69) is 77.6 Å². The molecule has 43 heavy (non-hydrogen) atoms. The van der Waals surface area contributed by atoms with Crippen molar-refractivity contribution in [2.75, 3.05) is 57.5 Å². The molecule has 2 amide bonds. The van der Waals surface area contributed by atoms with Crippen molar-refractivity contribution >= 4 is 17.5 Å². The minimum absolute atomic E-state index is 0.0329. The van der Waals surface area contributed by atoms with E-state index in [4.69, 9.17) is 9.47 Å². The SMILES string of the molecule is CCc1c(C(=O)NCC2C(=O)NC(C)CC2C)cc(-c2ccc(CN3CCOCC3)cc2)cc1N(CC)C1CCOCC1. The number of benzene rings is 2. The lowest BCUT2D eigenvalue weighted by atomic mass is 9.84. The normalized spacial score (nSPS) is 23.5. The van der Waals surface area contributed by atoms with Gasteiger partial charge in [-0.2, -0.15) is 0 Å². The molecule has 0 aliphatic carbocycles. The lowest BCUT2D eigenvalue weighted by molar-refractivity contribution is -0.129. The van der Waals surface area contributed by atoms with Crippen LogP contribution in [0.4, 0.5) is 5.69 Å². The summed E-state index contributed by atoms with van der Waals surface area (Å²) in [7, 11) is 0. The van der Waals surface area contributed by atoms with Gasteiger partial charge in [0, 0.05) is 69.3 Å². The largest absolute Gasteiger partial charge is 0.381 e. The Balaban J connectivity index is 1.45. The molecule has 3 atom stereocenters. The minimum atomic E-state index is -0.221. The zero-order valence-electron chi connectivity index (χ0n) is 26.5. The molecule has 0 bridgehead atoms. The highest BCUT2D eigenvalue weighted by Crippen LogP contribution is 2.35. The van der Waals surface area contributed by atoms with Gasteiger partial charge in [-0.25, -0.2) is 0 Å². The van der Waals surface area contributed by atoms with Crippen LogP contribution < -0.4 is 15.5 Å². The average molecular weight is 591 g/mol. The molecule has 234 valence electrons. The van der Waals surface area contributed by atoms with E-state index in [0.717, 1.165) is 101 Å². The molecule has 2 N–H and O–H groups in total. The molecule has 2 aromatic rings. The topological polar surface area (TPSA) is 83.1 Å². The Morgan fingerprint density at radius 1 is 1.00 bits per heavy atom. The van der Waals surface area contributed by atoms with Crippen molar-refractivity contribution < 1.29 is 19.1 Å². The summed E-state index contributed by atoms with van der Waals surface area (Å²) in [5.74, 6) is -0.0750. The molecule has 2 aromatic carbocycles. The van der Waals surface area contributed by atoms with E-state index in [1.54, 1.807) is 0 Å². The number of carbonyl (C=O) groups excluding carboxylic acids is 2. The second-order valence-electron chi connectivity index (χ2n) is 12.5. The van der Waals surface area contributed by atoms with E-state index in [9.17, 15) is 9.59 Å². The molecule has 5 rings (SSSR count). The van der Waals surface area contributed by atoms with Gasteiger partial charge in [0.25, 0.3) is 5.91 Å². The first-order chi connectivity index (χ1) is 20.9. The molecule has 3 aliphatic rings. The predicted octanol–water partition coefficient (Wildman–Crippen LogP) is 4.64. The number of carbonyl (C=O) groups is 2. The quantitative estimate of drug-likeness (QED) is 0.420. The number of piperidine rings is 1. The second kappa shape index (κ2) is 14.7. The fourth-order valence-corrected chi connectivity index (χ4v) is 7.08. The standard InChI is InChI=1S/C35H50N4O4/c1-5-30-31(34(40)36-22-32-24(3)19-25(4)37-35(32)41)20-28(21-33(30)39(6-2)29-11-15-42-16-12-29)27-9-7-26(8-10-27)23-38-13-17-43-18-14-38/h7-10,20-21,24-25,29,32H,5-6,11-19,22-23H2,1-4H3,(H,36,40)(H,37,41). The Morgan fingerprint density at radius 3 is 2.35 bits per heavy atom. The summed E-state index contributed by atoms with van der Waals surface area (Å²) in [6.07, 6.45) is 3.62. The predicted molar refractivity (Wildman–Crippen MR) is 171 cm³/mol. The van der Waals surface area contributed by atoms with E-state index < -0.39 is 0 Å². The fourth-order valence-electron chi connectivity index (χ4n) is 7.08. The molecular formula is C35H50N4O4. The van der Waals surface area contributed by atoms with Crippen LogP contribution in [0.25, 0.3) is 11.1 Å². The summed E-state index contributed by atoms with van der Waals surface area (Å²) in [6, 6.07) is 13.7. The van der Waals surface area contributed by atoms with Crippen LogP contribution in [-0.4, -0.2) is 81.4 Å². The summed E-state index contributed by atoms with van der Waals surface area (Å²) < 4.78 is 11.2. The van der Waals surface area contributed by atoms with Crippen molar-refractivity contribution in [2.45, 2.75) is 72.0 Å². The van der Waals surface area contributed by atoms with Crippen molar-refractivity contribution in [1.82, 2.24) is 15.5 Å². The number of hydrogen-bond donors (Lipinski definition) is 2. The Bertz CT molecular complexity index is 1240. The van der Waals surface area contributed by atoms with Crippen LogP contribution in [0.1, 0.15) is 68.4 Å². The number of nitrogens with one attached hydrogen (secondary N) is 2. The Hall–Kier alpha value is -2.94. The highest BCUT2D eigenvalue weighted by molar-refractivity contribution is 5.99. The van der Waals surface area contributed by atoms with Crippen LogP contribution in [0.15, 0.2) is 36.4 Å². The first kappa shape index (κ1) is 31.5. The number of rotatable bonds is 10. The smallest absolute Gasteiger partial charge is 0.251 e. The molecule has 3 saturated heterocycles. The van der Waals surface area contributed by atoms with Crippen molar-refractivity contribution in [2.24, 2.45) is 11.8 Å². The van der Waals surface area contributed by atoms with Gasteiger partial charge in [-0.3, -0.25) is 14.5 Å². The Kier molecular flexibility index (Phi) is 10.8. The molecule has 3 unspecified atom stereocenters. The maximum atomic E-state index is 13.9. The van der Waals surface area contributed by atoms with E-state index in [-0.39, 0.29) is 29.7 Å². The third-order valence-electron chi connectivity index (χ3n) is 9.52. The third-order valence-corrected chi connectivity index (χ3v) is 9.52. The molecule has 8 nitrogen and oxygen atoms in total. The van der Waals surface area contributed by atoms with Gasteiger partial charge in [0.05, 0.1) is 19.1 Å². The number of amides is 2. The summed E-state index contributed by atoms with van der Waals surface area (Å²) in [5, 5.41) is 6.22. The van der Waals surface area contributed by atoms with Crippen LogP contribution in [0.2, 0.25) is 0 Å². The van der Waals surface area contributed by atoms with Crippen molar-refractivity contribution in [3.63, 3.8) is 0 Å². The van der Waals surface area contributed by atoms with Gasteiger partial charge in [0.2, 0.25) is 5.91 Å². The number of nitrogens with zero attached hydrogens (tertiary/aromatic N) is 2. The monoisotopic (exact) mass is 590 g/mol. The summed E-state index contributed by atoms with van der Waals surface area (Å²) in [6.45, 7) is 15.6. The molecule has 0 spiro atoms. The van der Waals surface area contributed by atoms with Gasteiger partial charge >= 0.3 is 0 Å². The highest BCUT2D eigenvalue weighted by Gasteiger charge is 2.33. The molecule has 0 saturated carbocycles. The highest BCUT2D eigenvalue weighted by atomic mass is 16.5. The first-order valence-electron chi connectivity index (χ1n) is 16.4. The number of hydrogen-bond acceptors (Lipinski definition) is 6. The molecule has 0 radical (unpaired) electrons. The van der Waals surface area contributed by atoms with E-state index in [0.29, 0.717) is 18.2 Å². The summed E-state index contributed by atoms with van der Waals surface area (Å²) >= 11 is 0. The summed E-state index contributed by atoms with van der Waals surface area (Å²) in [4.78, 5) is 31.6. The van der Waals surface area contributed by atoms with Crippen molar-refractivity contribution in [1.29, 1.82) is 0 Å². The van der Waals surface area contributed by atoms with E-state index in [1.807, 2.05) is 6.92 Å². The maximum Gasteiger partial charge on any atom is 0.251 e. The van der Waals surface area contributed by atoms with Gasteiger partial charge < -0.3 is 25.0 Å². The fraction of sp³-hybridized carbons (Fsp3) is 0.600. The molecular weight excluding hydrogens is 540 g/mol. The molecule has 8 heteroatoms. The van der Waals surface area contributed by atoms with Crippen LogP contribution in [-0.2, 0) is 27.2 Å². The van der Waals surface area contributed by atoms with Gasteiger partial charge in [-0.15, -0.1) is 0 Å². The number of ether oxygens (including phenoxy) is 2. The van der Waals surface area contributed by atoms with Gasteiger partial charge in [-0.05, 0) is 79.8 Å². The van der Waals surface area contributed by atoms with Gasteiger partial charge in [0.15, 0.2) is 0 Å². The van der Waals surface area contributed by atoms with Gasteiger partial charge in [-0.1, -0.05) is 38.1 Å². The molecule has 3 fully saturated rings. The van der Waals surface area contributed by atoms with Crippen LogP contribution in [0.5, 0.6) is 0 Å². The zero-order chi connectivity index (χ0) is 30.3. The van der Waals surface area contributed by atoms with E-state index in [1.165, 1.54) is 5.56 Å². The molecule has 0 aromatic heterocycles. The van der Waals surface area contributed by atoms with Crippen LogP contribution in [0.3, 0.4) is 0 Å². The lowest BCUT2D eigenvalue weighted by Gasteiger charge is -2.37. The Morgan fingerprint density at radius 2 is 1.70 bits per heavy atom. The third kappa shape index (κ3) is 7.59. The maximum absolute atomic E-state index is 13.9. The van der Waals surface area contributed by atoms with E-state index >= 15 is 0 Å². The van der Waals surface area contributed by atoms with Crippen molar-refractivity contribution in [3.05, 3.63) is 53.1 Å². The van der Waals surface area contributed by atoms with Gasteiger partial charge in [0.1, 0.15) is 0 Å². The summed E-state index contributed by atoms with van der Waals surface area (Å²) in [5.41, 5.74) is 6.32. The zero-order valence-corrected chi connectivity index (χ0v) is 26.5. The molecule has 3 aliphatic heterocycles. The number of anilines is 1. The van der Waals surface area contributed by atoms with Crippen molar-refractivity contribution in [3.8, 4) is 11.1 Å². The number of morpholine rings is 1. The first-order valence-corrected chi connectivity index (χ1v) is 16.4. The van der Waals surface area contributed by atoms with Crippen LogP contribution >= 0.6 is 0 Å². The second-order valence-corrected chi connectivity index (χ2v) is 12.5. The molecule has 3 heterocycles. The minimum Gasteiger partial charge on any atom is -0.381 e. The lowest BCUT2D eigenvalue weighted by Crippen LogP contribution is -2.50. The van der Waals surface area contributed by atoms with Crippen LogP contribution in [0, 0.1) is 11.8 Å².